The zero-order valence-corrected chi connectivity index (χ0v) is 26.6. The number of hydrogen-bond acceptors (Lipinski definition) is 9. The fourth-order valence-corrected chi connectivity index (χ4v) is 6.43. The highest BCUT2D eigenvalue weighted by atomic mass is 35.5. The van der Waals surface area contributed by atoms with E-state index >= 15 is 0 Å². The topological polar surface area (TPSA) is 125 Å². The number of rotatable bonds is 9. The summed E-state index contributed by atoms with van der Waals surface area (Å²) in [4.78, 5) is 36.8. The SMILES string of the molecule is C=CN(C)/C(=C\N)C(NC(=O)COC)C1=Cc2cccnc2C(N2CCN(C(=O)OC3CCNCC3)CC2)c2ccc(Cl)cc21. The maximum absolute atomic E-state index is 13.0. The molecule has 0 bridgehead atoms. The number of ether oxygens (including phenoxy) is 2. The minimum atomic E-state index is -0.661. The quantitative estimate of drug-likeness (QED) is 0.381. The van der Waals surface area contributed by atoms with Gasteiger partial charge in [0.05, 0.1) is 23.5 Å². The lowest BCUT2D eigenvalue weighted by Crippen LogP contribution is -2.51. The van der Waals surface area contributed by atoms with Crippen molar-refractivity contribution >= 4 is 35.3 Å². The molecule has 0 spiro atoms. The van der Waals surface area contributed by atoms with Gasteiger partial charge >= 0.3 is 6.09 Å². The van der Waals surface area contributed by atoms with E-state index in [1.165, 1.54) is 13.3 Å². The number of piperazine rings is 1. The molecule has 3 aliphatic rings. The number of benzene rings is 1. The molecule has 0 radical (unpaired) electrons. The van der Waals surface area contributed by atoms with Gasteiger partial charge in [-0.1, -0.05) is 30.3 Å². The smallest absolute Gasteiger partial charge is 0.410 e. The number of pyridine rings is 1. The van der Waals surface area contributed by atoms with Crippen LogP contribution in [0, 0.1) is 0 Å². The van der Waals surface area contributed by atoms with Gasteiger partial charge in [0.1, 0.15) is 12.7 Å². The number of amides is 2. The van der Waals surface area contributed by atoms with E-state index < -0.39 is 6.04 Å². The average Bonchev–Trinajstić information content (AvgIpc) is 3.19. The van der Waals surface area contributed by atoms with E-state index in [0.29, 0.717) is 36.9 Å². The lowest BCUT2D eigenvalue weighted by Gasteiger charge is -2.40. The largest absolute Gasteiger partial charge is 0.446 e. The summed E-state index contributed by atoms with van der Waals surface area (Å²) in [6.07, 6.45) is 8.32. The fraction of sp³-hybridized carbons (Fsp3) is 0.424. The summed E-state index contributed by atoms with van der Waals surface area (Å²) in [7, 11) is 3.30. The lowest BCUT2D eigenvalue weighted by atomic mass is 9.89. The Morgan fingerprint density at radius 1 is 1.24 bits per heavy atom. The maximum Gasteiger partial charge on any atom is 0.410 e. The first-order valence-corrected chi connectivity index (χ1v) is 15.6. The second-order valence-electron chi connectivity index (χ2n) is 11.4. The van der Waals surface area contributed by atoms with Crippen LogP contribution >= 0.6 is 11.6 Å². The molecule has 12 heteroatoms. The van der Waals surface area contributed by atoms with Crippen LogP contribution in [0.4, 0.5) is 4.79 Å². The van der Waals surface area contributed by atoms with Crippen LogP contribution in [0.3, 0.4) is 0 Å². The molecule has 2 aliphatic heterocycles. The fourth-order valence-electron chi connectivity index (χ4n) is 6.26. The van der Waals surface area contributed by atoms with Crippen molar-refractivity contribution in [3.63, 3.8) is 0 Å². The van der Waals surface area contributed by atoms with Crippen molar-refractivity contribution in [3.05, 3.63) is 88.6 Å². The number of aromatic nitrogens is 1. The molecule has 2 aromatic rings. The van der Waals surface area contributed by atoms with Crippen LogP contribution in [0.1, 0.15) is 41.3 Å². The highest BCUT2D eigenvalue weighted by molar-refractivity contribution is 6.30. The summed E-state index contributed by atoms with van der Waals surface area (Å²) >= 11 is 6.65. The van der Waals surface area contributed by atoms with Gasteiger partial charge in [0.2, 0.25) is 5.91 Å². The normalized spacial score (nSPS) is 19.8. The second kappa shape index (κ2) is 14.9. The van der Waals surface area contributed by atoms with Crippen LogP contribution in [-0.2, 0) is 14.3 Å². The number of nitrogens with zero attached hydrogens (tertiary/aromatic N) is 4. The van der Waals surface area contributed by atoms with E-state index in [0.717, 1.165) is 53.9 Å². The van der Waals surface area contributed by atoms with Crippen LogP contribution in [0.5, 0.6) is 0 Å². The third-order valence-corrected chi connectivity index (χ3v) is 8.83. The van der Waals surface area contributed by atoms with E-state index in [9.17, 15) is 9.59 Å². The molecule has 1 aromatic heterocycles. The number of carbonyl (C=O) groups is 2. The Balaban J connectivity index is 1.51. The molecule has 2 unspecified atom stereocenters. The highest BCUT2D eigenvalue weighted by Crippen LogP contribution is 2.42. The van der Waals surface area contributed by atoms with Crippen molar-refractivity contribution in [3.8, 4) is 0 Å². The molecule has 45 heavy (non-hydrogen) atoms. The molecular formula is C33H42ClN7O4. The predicted molar refractivity (Wildman–Crippen MR) is 175 cm³/mol. The minimum absolute atomic E-state index is 0.0410. The Morgan fingerprint density at radius 2 is 2.00 bits per heavy atom. The summed E-state index contributed by atoms with van der Waals surface area (Å²) in [6, 6.07) is 8.84. The highest BCUT2D eigenvalue weighted by Gasteiger charge is 2.36. The Labute approximate surface area is 269 Å². The zero-order valence-electron chi connectivity index (χ0n) is 25.9. The van der Waals surface area contributed by atoms with E-state index in [1.807, 2.05) is 43.5 Å². The Bertz CT molecular complexity index is 1450. The third-order valence-electron chi connectivity index (χ3n) is 8.59. The molecule has 2 amide bonds. The monoisotopic (exact) mass is 635 g/mol. The Kier molecular flexibility index (Phi) is 10.8. The minimum Gasteiger partial charge on any atom is -0.446 e. The van der Waals surface area contributed by atoms with Gasteiger partial charge in [0, 0.05) is 57.8 Å². The molecule has 11 nitrogen and oxygen atoms in total. The number of hydrogen-bond donors (Lipinski definition) is 3. The summed E-state index contributed by atoms with van der Waals surface area (Å²) in [5.41, 5.74) is 11.2. The van der Waals surface area contributed by atoms with Crippen LogP contribution in [0.2, 0.25) is 5.02 Å². The van der Waals surface area contributed by atoms with Gasteiger partial charge in [-0.25, -0.2) is 4.79 Å². The summed E-state index contributed by atoms with van der Waals surface area (Å²) in [5.74, 6) is -0.302. The molecule has 4 N–H and O–H groups in total. The van der Waals surface area contributed by atoms with Crippen molar-refractivity contribution in [1.82, 2.24) is 30.3 Å². The number of nitrogens with two attached hydrogens (primary N) is 1. The second-order valence-corrected chi connectivity index (χ2v) is 11.8. The van der Waals surface area contributed by atoms with Crippen LogP contribution in [-0.4, -0.2) is 104 Å². The number of nitrogens with one attached hydrogen (secondary N) is 2. The molecule has 0 saturated carbocycles. The molecule has 2 fully saturated rings. The molecule has 1 aliphatic carbocycles. The number of piperidine rings is 1. The molecule has 3 heterocycles. The van der Waals surface area contributed by atoms with Crippen LogP contribution in [0.25, 0.3) is 11.6 Å². The van der Waals surface area contributed by atoms with Crippen LogP contribution in [0.15, 0.2) is 61.2 Å². The van der Waals surface area contributed by atoms with Crippen molar-refractivity contribution in [2.24, 2.45) is 5.73 Å². The average molecular weight is 636 g/mol. The van der Waals surface area contributed by atoms with Gasteiger partial charge in [-0.15, -0.1) is 0 Å². The van der Waals surface area contributed by atoms with Gasteiger partial charge in [-0.2, -0.15) is 0 Å². The number of halogens is 1. The molecule has 2 atom stereocenters. The molecule has 240 valence electrons. The number of fused-ring (bicyclic) bond motifs is 2. The van der Waals surface area contributed by atoms with Gasteiger partial charge < -0.3 is 35.6 Å². The third kappa shape index (κ3) is 7.33. The summed E-state index contributed by atoms with van der Waals surface area (Å²) < 4.78 is 11.0. The van der Waals surface area contributed by atoms with Crippen molar-refractivity contribution in [1.29, 1.82) is 0 Å². The number of carbonyl (C=O) groups excluding carboxylic acids is 2. The Hall–Kier alpha value is -3.90. The van der Waals surface area contributed by atoms with Crippen molar-refractivity contribution < 1.29 is 19.1 Å². The standard InChI is InChI=1S/C33H42ClN7O4/c1-4-39(2)28(20-35)31(38-29(42)21-44-3)27-18-22-6-5-11-37-30(22)32(25-8-7-23(34)19-26(25)27)40-14-16-41(17-15-40)33(43)45-24-9-12-36-13-10-24/h4-8,11,18-20,24,31-32,36H,1,9-10,12-17,21,35H2,2-3H3,(H,38,42)/b28-20-. The first-order valence-electron chi connectivity index (χ1n) is 15.3. The molecule has 5 rings (SSSR count). The van der Waals surface area contributed by atoms with E-state index in [1.54, 1.807) is 22.2 Å². The summed E-state index contributed by atoms with van der Waals surface area (Å²) in [5, 5.41) is 6.97. The van der Waals surface area contributed by atoms with E-state index in [4.69, 9.17) is 31.8 Å². The molecule has 2 saturated heterocycles. The first-order chi connectivity index (χ1) is 21.8. The predicted octanol–water partition coefficient (Wildman–Crippen LogP) is 3.19. The van der Waals surface area contributed by atoms with Gasteiger partial charge in [-0.3, -0.25) is 14.7 Å². The molecular weight excluding hydrogens is 594 g/mol. The number of methoxy groups -OCH3 is 1. The van der Waals surface area contributed by atoms with Gasteiger partial charge in [0.25, 0.3) is 0 Å². The first kappa shape index (κ1) is 32.5. The Morgan fingerprint density at radius 3 is 2.69 bits per heavy atom. The lowest BCUT2D eigenvalue weighted by molar-refractivity contribution is -0.124. The van der Waals surface area contributed by atoms with Crippen molar-refractivity contribution in [2.75, 3.05) is 60.0 Å². The van der Waals surface area contributed by atoms with E-state index in [2.05, 4.69) is 22.1 Å². The van der Waals surface area contributed by atoms with Crippen LogP contribution < -0.4 is 16.4 Å². The zero-order chi connectivity index (χ0) is 31.9. The maximum atomic E-state index is 13.0. The van der Waals surface area contributed by atoms with E-state index in [-0.39, 0.29) is 30.8 Å². The molecule has 1 aromatic carbocycles. The van der Waals surface area contributed by atoms with Gasteiger partial charge in [0.15, 0.2) is 0 Å². The van der Waals surface area contributed by atoms with Crippen molar-refractivity contribution in [2.45, 2.75) is 31.0 Å². The van der Waals surface area contributed by atoms with Gasteiger partial charge in [-0.05, 0) is 78.7 Å². The summed E-state index contributed by atoms with van der Waals surface area (Å²) in [6.45, 7) is 7.83. The number of likely N-dealkylation sites (N-methyl/N-ethyl adjacent to an activating group) is 1.